The molecular formula is C13H16N2O4. The first-order chi connectivity index (χ1) is 9.00. The topological polar surface area (TPSA) is 90.5 Å². The number of aromatic nitrogens is 1. The number of carbonyl (C=O) groups is 2. The molecule has 102 valence electrons. The zero-order valence-electron chi connectivity index (χ0n) is 10.7. The first-order valence-corrected chi connectivity index (χ1v) is 6.24. The van der Waals surface area contributed by atoms with Gasteiger partial charge in [0, 0.05) is 12.2 Å². The molecule has 1 saturated heterocycles. The fourth-order valence-corrected chi connectivity index (χ4v) is 2.33. The van der Waals surface area contributed by atoms with E-state index in [1.807, 2.05) is 0 Å². The molecule has 2 N–H and O–H groups in total. The Morgan fingerprint density at radius 1 is 1.37 bits per heavy atom. The molecule has 1 amide bonds. The zero-order chi connectivity index (χ0) is 14.0. The van der Waals surface area contributed by atoms with Crippen molar-refractivity contribution < 1.29 is 14.7 Å². The quantitative estimate of drug-likeness (QED) is 0.825. The predicted octanol–water partition coefficient (Wildman–Crippen LogP) is 0.763. The molecule has 0 radical (unpaired) electrons. The second kappa shape index (κ2) is 5.26. The van der Waals surface area contributed by atoms with Crippen molar-refractivity contribution in [1.82, 2.24) is 9.88 Å². The van der Waals surface area contributed by atoms with Crippen LogP contribution in [0.5, 0.6) is 0 Å². The number of aryl methyl sites for hydroxylation is 1. The summed E-state index contributed by atoms with van der Waals surface area (Å²) in [7, 11) is 0. The molecule has 6 nitrogen and oxygen atoms in total. The molecule has 1 aromatic rings. The number of pyridine rings is 1. The summed E-state index contributed by atoms with van der Waals surface area (Å²) in [5.41, 5.74) is 0.188. The van der Waals surface area contributed by atoms with Crippen molar-refractivity contribution in [1.29, 1.82) is 0 Å². The second-order valence-corrected chi connectivity index (χ2v) is 4.73. The van der Waals surface area contributed by atoms with Crippen molar-refractivity contribution in [3.05, 3.63) is 33.7 Å². The standard InChI is InChI=1S/C13H16N2O4/c1-8-5-6-9(11(16)14-8)12(17)15-7-3-2-4-10(15)13(18)19/h5-6,10H,2-4,7H2,1H3,(H,14,16)(H,18,19). The number of aliphatic carboxylic acids is 1. The highest BCUT2D eigenvalue weighted by atomic mass is 16.4. The Hall–Kier alpha value is -2.11. The van der Waals surface area contributed by atoms with E-state index in [2.05, 4.69) is 4.98 Å². The van der Waals surface area contributed by atoms with Gasteiger partial charge in [-0.05, 0) is 38.3 Å². The Morgan fingerprint density at radius 2 is 2.11 bits per heavy atom. The van der Waals surface area contributed by atoms with Crippen LogP contribution in [0.4, 0.5) is 0 Å². The Bertz CT molecular complexity index is 564. The first kappa shape index (κ1) is 13.3. The number of hydrogen-bond acceptors (Lipinski definition) is 3. The summed E-state index contributed by atoms with van der Waals surface area (Å²) in [4.78, 5) is 39.0. The van der Waals surface area contributed by atoms with E-state index in [0.29, 0.717) is 18.7 Å². The van der Waals surface area contributed by atoms with Gasteiger partial charge < -0.3 is 15.0 Å². The number of piperidine rings is 1. The molecule has 2 rings (SSSR count). The Morgan fingerprint density at radius 3 is 2.74 bits per heavy atom. The highest BCUT2D eigenvalue weighted by molar-refractivity contribution is 5.96. The van der Waals surface area contributed by atoms with Crippen LogP contribution in [0.25, 0.3) is 0 Å². The van der Waals surface area contributed by atoms with Gasteiger partial charge in [0.1, 0.15) is 11.6 Å². The molecule has 1 fully saturated rings. The van der Waals surface area contributed by atoms with Crippen LogP contribution in [-0.4, -0.2) is 39.5 Å². The lowest BCUT2D eigenvalue weighted by Gasteiger charge is -2.32. The molecule has 6 heteroatoms. The number of nitrogens with one attached hydrogen (secondary N) is 1. The van der Waals surface area contributed by atoms with Gasteiger partial charge in [-0.15, -0.1) is 0 Å². The summed E-state index contributed by atoms with van der Waals surface area (Å²) in [6, 6.07) is 2.25. The van der Waals surface area contributed by atoms with Crippen LogP contribution in [0, 0.1) is 6.92 Å². The average molecular weight is 264 g/mol. The SMILES string of the molecule is Cc1ccc(C(=O)N2CCCCC2C(=O)O)c(=O)[nH]1. The molecule has 2 heterocycles. The number of carbonyl (C=O) groups excluding carboxylic acids is 1. The molecule has 0 saturated carbocycles. The first-order valence-electron chi connectivity index (χ1n) is 6.24. The lowest BCUT2D eigenvalue weighted by atomic mass is 10.0. The number of hydrogen-bond donors (Lipinski definition) is 2. The molecule has 0 bridgehead atoms. The van der Waals surface area contributed by atoms with Crippen LogP contribution >= 0.6 is 0 Å². The summed E-state index contributed by atoms with van der Waals surface area (Å²) in [6.45, 7) is 2.10. The lowest BCUT2D eigenvalue weighted by Crippen LogP contribution is -2.49. The third-order valence-corrected chi connectivity index (χ3v) is 3.33. The average Bonchev–Trinajstić information content (AvgIpc) is 2.38. The molecule has 0 aliphatic carbocycles. The molecule has 1 atom stereocenters. The molecule has 0 spiro atoms. The predicted molar refractivity (Wildman–Crippen MR) is 68.1 cm³/mol. The Kier molecular flexibility index (Phi) is 3.69. The summed E-state index contributed by atoms with van der Waals surface area (Å²) in [6.07, 6.45) is 1.98. The van der Waals surface area contributed by atoms with Gasteiger partial charge in [0.15, 0.2) is 0 Å². The minimum Gasteiger partial charge on any atom is -0.480 e. The summed E-state index contributed by atoms with van der Waals surface area (Å²) >= 11 is 0. The van der Waals surface area contributed by atoms with E-state index in [0.717, 1.165) is 12.8 Å². The van der Waals surface area contributed by atoms with Gasteiger partial charge in [-0.25, -0.2) is 4.79 Å². The highest BCUT2D eigenvalue weighted by Gasteiger charge is 2.33. The van der Waals surface area contributed by atoms with Gasteiger partial charge in [0.2, 0.25) is 0 Å². The van der Waals surface area contributed by atoms with Crippen LogP contribution in [0.1, 0.15) is 35.3 Å². The summed E-state index contributed by atoms with van der Waals surface area (Å²) in [5.74, 6) is -1.52. The van der Waals surface area contributed by atoms with Gasteiger partial charge >= 0.3 is 5.97 Å². The van der Waals surface area contributed by atoms with Crippen molar-refractivity contribution in [2.45, 2.75) is 32.2 Å². The molecular weight excluding hydrogens is 248 g/mol. The third kappa shape index (κ3) is 2.67. The van der Waals surface area contributed by atoms with Crippen molar-refractivity contribution >= 4 is 11.9 Å². The van der Waals surface area contributed by atoms with Gasteiger partial charge in [0.25, 0.3) is 11.5 Å². The highest BCUT2D eigenvalue weighted by Crippen LogP contribution is 2.19. The number of rotatable bonds is 2. The number of H-pyrrole nitrogens is 1. The van der Waals surface area contributed by atoms with E-state index >= 15 is 0 Å². The molecule has 1 aliphatic rings. The maximum atomic E-state index is 12.3. The van der Waals surface area contributed by atoms with Crippen LogP contribution in [-0.2, 0) is 4.79 Å². The van der Waals surface area contributed by atoms with Crippen LogP contribution in [0.3, 0.4) is 0 Å². The number of likely N-dealkylation sites (tertiary alicyclic amines) is 1. The molecule has 1 unspecified atom stereocenters. The summed E-state index contributed by atoms with van der Waals surface area (Å²) in [5, 5.41) is 9.14. The fraction of sp³-hybridized carbons (Fsp3) is 0.462. The monoisotopic (exact) mass is 264 g/mol. The summed E-state index contributed by atoms with van der Waals surface area (Å²) < 4.78 is 0. The number of aromatic amines is 1. The van der Waals surface area contributed by atoms with Crippen LogP contribution in [0.15, 0.2) is 16.9 Å². The Balaban J connectivity index is 2.31. The molecule has 1 aromatic heterocycles. The van der Waals surface area contributed by atoms with Gasteiger partial charge in [-0.3, -0.25) is 9.59 Å². The van der Waals surface area contributed by atoms with E-state index in [1.54, 1.807) is 13.0 Å². The lowest BCUT2D eigenvalue weighted by molar-refractivity contribution is -0.143. The largest absolute Gasteiger partial charge is 0.480 e. The fourth-order valence-electron chi connectivity index (χ4n) is 2.33. The van der Waals surface area contributed by atoms with Gasteiger partial charge in [0.05, 0.1) is 0 Å². The molecule has 19 heavy (non-hydrogen) atoms. The van der Waals surface area contributed by atoms with E-state index in [1.165, 1.54) is 11.0 Å². The van der Waals surface area contributed by atoms with Gasteiger partial charge in [-0.1, -0.05) is 0 Å². The van der Waals surface area contributed by atoms with Gasteiger partial charge in [-0.2, -0.15) is 0 Å². The smallest absolute Gasteiger partial charge is 0.326 e. The number of amides is 1. The third-order valence-electron chi connectivity index (χ3n) is 3.33. The zero-order valence-corrected chi connectivity index (χ0v) is 10.7. The van der Waals surface area contributed by atoms with E-state index < -0.39 is 23.5 Å². The number of carboxylic acid groups (broad SMARTS) is 1. The maximum absolute atomic E-state index is 12.3. The molecule has 0 aromatic carbocycles. The molecule has 1 aliphatic heterocycles. The normalized spacial score (nSPS) is 19.2. The second-order valence-electron chi connectivity index (χ2n) is 4.73. The van der Waals surface area contributed by atoms with E-state index in [4.69, 9.17) is 5.11 Å². The van der Waals surface area contributed by atoms with Crippen LogP contribution in [0.2, 0.25) is 0 Å². The minimum atomic E-state index is -1.02. The van der Waals surface area contributed by atoms with Crippen molar-refractivity contribution in [2.75, 3.05) is 6.54 Å². The van der Waals surface area contributed by atoms with Crippen molar-refractivity contribution in [3.8, 4) is 0 Å². The van der Waals surface area contributed by atoms with E-state index in [-0.39, 0.29) is 5.56 Å². The van der Waals surface area contributed by atoms with Crippen LogP contribution < -0.4 is 5.56 Å². The number of nitrogens with zero attached hydrogens (tertiary/aromatic N) is 1. The van der Waals surface area contributed by atoms with E-state index in [9.17, 15) is 14.4 Å². The number of carboxylic acids is 1. The minimum absolute atomic E-state index is 0.00116. The maximum Gasteiger partial charge on any atom is 0.326 e. The Labute approximate surface area is 110 Å². The van der Waals surface area contributed by atoms with Crippen molar-refractivity contribution in [2.24, 2.45) is 0 Å². The van der Waals surface area contributed by atoms with Crippen molar-refractivity contribution in [3.63, 3.8) is 0 Å².